The van der Waals surface area contributed by atoms with Gasteiger partial charge in [-0.05, 0) is 32.3 Å². The van der Waals surface area contributed by atoms with E-state index in [0.717, 1.165) is 29.7 Å². The molecule has 8 heteroatoms. The van der Waals surface area contributed by atoms with Gasteiger partial charge >= 0.3 is 0 Å². The number of aromatic nitrogens is 4. The third kappa shape index (κ3) is 4.07. The van der Waals surface area contributed by atoms with E-state index in [9.17, 15) is 9.59 Å². The van der Waals surface area contributed by atoms with Crippen LogP contribution in [-0.4, -0.2) is 43.0 Å². The first-order valence-electron chi connectivity index (χ1n) is 8.79. The van der Waals surface area contributed by atoms with E-state index in [1.165, 1.54) is 6.92 Å². The fourth-order valence-corrected chi connectivity index (χ4v) is 3.29. The molecule has 26 heavy (non-hydrogen) atoms. The van der Waals surface area contributed by atoms with Crippen LogP contribution in [0.15, 0.2) is 18.6 Å². The van der Waals surface area contributed by atoms with Crippen molar-refractivity contribution in [3.63, 3.8) is 0 Å². The standard InChI is InChI=1S/C18H24N6O2/c1-12-7-21-23(10-12)11-17(26)24-6-4-5-16(24)18-15(9-20-14(3)25)8-19-13(2)22-18/h7-8,10,16H,4-6,9,11H2,1-3H3,(H,20,25). The zero-order valence-corrected chi connectivity index (χ0v) is 15.4. The van der Waals surface area contributed by atoms with Crippen LogP contribution in [0.4, 0.5) is 0 Å². The molecular formula is C18H24N6O2. The van der Waals surface area contributed by atoms with E-state index >= 15 is 0 Å². The second-order valence-corrected chi connectivity index (χ2v) is 6.70. The van der Waals surface area contributed by atoms with E-state index in [1.807, 2.05) is 24.9 Å². The van der Waals surface area contributed by atoms with Crippen LogP contribution in [0.25, 0.3) is 0 Å². The van der Waals surface area contributed by atoms with Crippen molar-refractivity contribution in [2.75, 3.05) is 6.54 Å². The second-order valence-electron chi connectivity index (χ2n) is 6.70. The van der Waals surface area contributed by atoms with Gasteiger partial charge in [-0.15, -0.1) is 0 Å². The van der Waals surface area contributed by atoms with E-state index in [2.05, 4.69) is 20.4 Å². The molecule has 0 saturated carbocycles. The molecule has 2 amide bonds. The Bertz CT molecular complexity index is 816. The molecule has 1 N–H and O–H groups in total. The van der Waals surface area contributed by atoms with E-state index in [4.69, 9.17) is 0 Å². The SMILES string of the molecule is CC(=O)NCc1cnc(C)nc1C1CCCN1C(=O)Cn1cc(C)cn1. The van der Waals surface area contributed by atoms with Crippen molar-refractivity contribution in [3.8, 4) is 0 Å². The van der Waals surface area contributed by atoms with Crippen LogP contribution in [0.3, 0.4) is 0 Å². The van der Waals surface area contributed by atoms with Crippen LogP contribution in [0.2, 0.25) is 0 Å². The van der Waals surface area contributed by atoms with Gasteiger partial charge in [0.1, 0.15) is 12.4 Å². The number of likely N-dealkylation sites (tertiary alicyclic amines) is 1. The molecule has 8 nitrogen and oxygen atoms in total. The average Bonchev–Trinajstić information content (AvgIpc) is 3.22. The van der Waals surface area contributed by atoms with Crippen molar-refractivity contribution < 1.29 is 9.59 Å². The molecule has 1 aliphatic rings. The molecule has 1 atom stereocenters. The summed E-state index contributed by atoms with van der Waals surface area (Å²) in [6.07, 6.45) is 7.13. The first-order valence-corrected chi connectivity index (χ1v) is 8.79. The average molecular weight is 356 g/mol. The van der Waals surface area contributed by atoms with Crippen LogP contribution < -0.4 is 5.32 Å². The molecule has 0 bridgehead atoms. The first-order chi connectivity index (χ1) is 12.4. The summed E-state index contributed by atoms with van der Waals surface area (Å²) in [6, 6.07) is -0.0929. The monoisotopic (exact) mass is 356 g/mol. The number of nitrogens with one attached hydrogen (secondary N) is 1. The Kier molecular flexibility index (Phi) is 5.29. The highest BCUT2D eigenvalue weighted by Crippen LogP contribution is 2.32. The maximum atomic E-state index is 12.8. The summed E-state index contributed by atoms with van der Waals surface area (Å²) in [7, 11) is 0. The van der Waals surface area contributed by atoms with Crippen molar-refractivity contribution >= 4 is 11.8 Å². The fourth-order valence-electron chi connectivity index (χ4n) is 3.29. The molecule has 0 aromatic carbocycles. The minimum atomic E-state index is -0.107. The van der Waals surface area contributed by atoms with Gasteiger partial charge in [0.05, 0.1) is 17.9 Å². The predicted octanol–water partition coefficient (Wildman–Crippen LogP) is 1.29. The lowest BCUT2D eigenvalue weighted by atomic mass is 10.1. The van der Waals surface area contributed by atoms with Crippen LogP contribution in [0, 0.1) is 13.8 Å². The van der Waals surface area contributed by atoms with Crippen LogP contribution in [0.1, 0.15) is 48.5 Å². The number of hydrogen-bond donors (Lipinski definition) is 1. The van der Waals surface area contributed by atoms with E-state index in [1.54, 1.807) is 17.1 Å². The number of carbonyl (C=O) groups excluding carboxylic acids is 2. The van der Waals surface area contributed by atoms with Gasteiger partial charge in [0, 0.05) is 38.0 Å². The number of amides is 2. The lowest BCUT2D eigenvalue weighted by molar-refractivity contribution is -0.133. The Morgan fingerprint density at radius 1 is 1.31 bits per heavy atom. The highest BCUT2D eigenvalue weighted by molar-refractivity contribution is 5.77. The lowest BCUT2D eigenvalue weighted by Gasteiger charge is -2.26. The predicted molar refractivity (Wildman–Crippen MR) is 94.9 cm³/mol. The van der Waals surface area contributed by atoms with Gasteiger partial charge in [0.25, 0.3) is 0 Å². The zero-order chi connectivity index (χ0) is 18.7. The quantitative estimate of drug-likeness (QED) is 0.871. The second kappa shape index (κ2) is 7.63. The number of aryl methyl sites for hydroxylation is 2. The van der Waals surface area contributed by atoms with Crippen LogP contribution in [0.5, 0.6) is 0 Å². The molecule has 0 radical (unpaired) electrons. The smallest absolute Gasteiger partial charge is 0.244 e. The topological polar surface area (TPSA) is 93.0 Å². The molecular weight excluding hydrogens is 332 g/mol. The molecule has 138 valence electrons. The van der Waals surface area contributed by atoms with Crippen molar-refractivity contribution in [2.45, 2.75) is 52.7 Å². The number of carbonyl (C=O) groups is 2. The normalized spacial score (nSPS) is 16.7. The summed E-state index contributed by atoms with van der Waals surface area (Å²) in [4.78, 5) is 34.8. The highest BCUT2D eigenvalue weighted by Gasteiger charge is 2.32. The Labute approximate surface area is 152 Å². The van der Waals surface area contributed by atoms with Gasteiger partial charge < -0.3 is 10.2 Å². The molecule has 3 rings (SSSR count). The van der Waals surface area contributed by atoms with Crippen LogP contribution in [-0.2, 0) is 22.7 Å². The van der Waals surface area contributed by atoms with Gasteiger partial charge in [0.15, 0.2) is 0 Å². The molecule has 1 unspecified atom stereocenters. The minimum Gasteiger partial charge on any atom is -0.352 e. The van der Waals surface area contributed by atoms with Crippen molar-refractivity contribution in [3.05, 3.63) is 41.2 Å². The maximum Gasteiger partial charge on any atom is 0.244 e. The number of nitrogens with zero attached hydrogens (tertiary/aromatic N) is 5. The summed E-state index contributed by atoms with van der Waals surface area (Å²) in [5.41, 5.74) is 2.71. The number of rotatable bonds is 5. The summed E-state index contributed by atoms with van der Waals surface area (Å²) < 4.78 is 1.66. The Morgan fingerprint density at radius 3 is 2.81 bits per heavy atom. The van der Waals surface area contributed by atoms with Crippen molar-refractivity contribution in [1.82, 2.24) is 30.0 Å². The van der Waals surface area contributed by atoms with Gasteiger partial charge in [-0.2, -0.15) is 5.10 Å². The van der Waals surface area contributed by atoms with Gasteiger partial charge in [-0.25, -0.2) is 9.97 Å². The van der Waals surface area contributed by atoms with Crippen LogP contribution >= 0.6 is 0 Å². The van der Waals surface area contributed by atoms with E-state index < -0.39 is 0 Å². The Morgan fingerprint density at radius 2 is 2.12 bits per heavy atom. The molecule has 2 aromatic rings. The summed E-state index contributed by atoms with van der Waals surface area (Å²) >= 11 is 0. The summed E-state index contributed by atoms with van der Waals surface area (Å²) in [6.45, 7) is 6.54. The third-order valence-electron chi connectivity index (χ3n) is 4.49. The zero-order valence-electron chi connectivity index (χ0n) is 15.4. The van der Waals surface area contributed by atoms with Gasteiger partial charge in [0.2, 0.25) is 11.8 Å². The molecule has 1 fully saturated rings. The largest absolute Gasteiger partial charge is 0.352 e. The molecule has 3 heterocycles. The lowest BCUT2D eigenvalue weighted by Crippen LogP contribution is -2.35. The molecule has 1 saturated heterocycles. The molecule has 0 aliphatic carbocycles. The third-order valence-corrected chi connectivity index (χ3v) is 4.49. The molecule has 2 aromatic heterocycles. The minimum absolute atomic E-state index is 0.0253. The van der Waals surface area contributed by atoms with Crippen molar-refractivity contribution in [1.29, 1.82) is 0 Å². The van der Waals surface area contributed by atoms with E-state index in [0.29, 0.717) is 18.9 Å². The number of hydrogen-bond acceptors (Lipinski definition) is 5. The van der Waals surface area contributed by atoms with Gasteiger partial charge in [-0.3, -0.25) is 14.3 Å². The first kappa shape index (κ1) is 18.0. The maximum absolute atomic E-state index is 12.8. The fraction of sp³-hybridized carbons (Fsp3) is 0.500. The summed E-state index contributed by atoms with van der Waals surface area (Å²) in [5.74, 6) is 0.579. The Hall–Kier alpha value is -2.77. The van der Waals surface area contributed by atoms with E-state index in [-0.39, 0.29) is 24.4 Å². The molecule has 0 spiro atoms. The van der Waals surface area contributed by atoms with Crippen molar-refractivity contribution in [2.24, 2.45) is 0 Å². The summed E-state index contributed by atoms with van der Waals surface area (Å²) in [5, 5.41) is 7.00. The highest BCUT2D eigenvalue weighted by atomic mass is 16.2. The van der Waals surface area contributed by atoms with Gasteiger partial charge in [-0.1, -0.05) is 0 Å². The Balaban J connectivity index is 1.81. The molecule has 1 aliphatic heterocycles.